The first kappa shape index (κ1) is 18.4. The highest BCUT2D eigenvalue weighted by atomic mass is 35.5. The highest BCUT2D eigenvalue weighted by molar-refractivity contribution is 6.30. The van der Waals surface area contributed by atoms with E-state index >= 15 is 0 Å². The Hall–Kier alpha value is -2.44. The molecule has 6 nitrogen and oxygen atoms in total. The van der Waals surface area contributed by atoms with Crippen LogP contribution in [0.2, 0.25) is 5.02 Å². The molecule has 1 aliphatic rings. The van der Waals surface area contributed by atoms with Crippen LogP contribution in [0.4, 0.5) is 5.69 Å². The number of non-ortho nitro benzene ring substituents is 1. The Morgan fingerprint density at radius 3 is 2.35 bits per heavy atom. The summed E-state index contributed by atoms with van der Waals surface area (Å²) in [6, 6.07) is 13.6. The summed E-state index contributed by atoms with van der Waals surface area (Å²) >= 11 is 5.92. The molecular weight excluding hydrogens is 354 g/mol. The number of nitro groups is 1. The molecule has 136 valence electrons. The van der Waals surface area contributed by atoms with E-state index in [1.54, 1.807) is 0 Å². The number of rotatable bonds is 4. The number of halogens is 1. The van der Waals surface area contributed by atoms with E-state index in [0.717, 1.165) is 31.1 Å². The van der Waals surface area contributed by atoms with Crippen LogP contribution in [0.5, 0.6) is 0 Å². The number of nitro benzene ring substituents is 1. The fourth-order valence-corrected chi connectivity index (χ4v) is 3.21. The molecule has 0 saturated carbocycles. The molecule has 1 amide bonds. The fourth-order valence-electron chi connectivity index (χ4n) is 3.09. The number of carbonyl (C=O) groups is 1. The van der Waals surface area contributed by atoms with Crippen LogP contribution in [0.3, 0.4) is 0 Å². The summed E-state index contributed by atoms with van der Waals surface area (Å²) in [4.78, 5) is 27.1. The third-order valence-corrected chi connectivity index (χ3v) is 4.77. The summed E-state index contributed by atoms with van der Waals surface area (Å²) in [5, 5.41) is 11.5. The summed E-state index contributed by atoms with van der Waals surface area (Å²) < 4.78 is 0. The minimum absolute atomic E-state index is 0.00782. The normalized spacial score (nSPS) is 15.5. The molecule has 0 radical (unpaired) electrons. The van der Waals surface area contributed by atoms with Gasteiger partial charge in [0.1, 0.15) is 0 Å². The van der Waals surface area contributed by atoms with Crippen molar-refractivity contribution in [1.82, 2.24) is 9.80 Å². The van der Waals surface area contributed by atoms with Crippen molar-refractivity contribution in [2.45, 2.75) is 13.0 Å². The summed E-state index contributed by atoms with van der Waals surface area (Å²) in [6.07, 6.45) is 0.895. The number of carbonyl (C=O) groups excluding carboxylic acids is 1. The van der Waals surface area contributed by atoms with Gasteiger partial charge in [0.25, 0.3) is 11.6 Å². The van der Waals surface area contributed by atoms with Gasteiger partial charge in [-0.15, -0.1) is 0 Å². The van der Waals surface area contributed by atoms with Crippen LogP contribution in [0.25, 0.3) is 0 Å². The molecule has 0 spiro atoms. The standard InChI is InChI=1S/C19H20ClN3O3/c20-17-6-2-15(3-7-17)14-21-10-1-11-22(13-12-21)19(24)16-4-8-18(9-5-16)23(25)26/h2-9H,1,10-14H2. The molecule has 0 unspecified atom stereocenters. The van der Waals surface area contributed by atoms with Crippen molar-refractivity contribution in [1.29, 1.82) is 0 Å². The highest BCUT2D eigenvalue weighted by Crippen LogP contribution is 2.16. The molecule has 26 heavy (non-hydrogen) atoms. The first-order valence-corrected chi connectivity index (χ1v) is 8.91. The van der Waals surface area contributed by atoms with Crippen molar-refractivity contribution in [2.75, 3.05) is 26.2 Å². The Morgan fingerprint density at radius 2 is 1.69 bits per heavy atom. The van der Waals surface area contributed by atoms with Crippen LogP contribution in [0.1, 0.15) is 22.3 Å². The van der Waals surface area contributed by atoms with E-state index in [1.165, 1.54) is 29.8 Å². The average Bonchev–Trinajstić information content (AvgIpc) is 2.89. The maximum absolute atomic E-state index is 12.7. The molecule has 0 N–H and O–H groups in total. The van der Waals surface area contributed by atoms with Crippen molar-refractivity contribution < 1.29 is 9.72 Å². The molecule has 0 aromatic heterocycles. The van der Waals surface area contributed by atoms with E-state index in [1.807, 2.05) is 29.2 Å². The molecule has 0 bridgehead atoms. The predicted molar refractivity (Wildman–Crippen MR) is 100 cm³/mol. The fraction of sp³-hybridized carbons (Fsp3) is 0.316. The highest BCUT2D eigenvalue weighted by Gasteiger charge is 2.21. The Labute approximate surface area is 157 Å². The molecular formula is C19H20ClN3O3. The van der Waals surface area contributed by atoms with Crippen molar-refractivity contribution in [3.05, 3.63) is 74.8 Å². The van der Waals surface area contributed by atoms with Gasteiger partial charge in [0.05, 0.1) is 4.92 Å². The van der Waals surface area contributed by atoms with Crippen LogP contribution >= 0.6 is 11.6 Å². The molecule has 3 rings (SSSR count). The molecule has 0 aliphatic carbocycles. The smallest absolute Gasteiger partial charge is 0.269 e. The number of hydrogen-bond acceptors (Lipinski definition) is 4. The third kappa shape index (κ3) is 4.59. The van der Waals surface area contributed by atoms with Crippen LogP contribution in [-0.4, -0.2) is 46.8 Å². The van der Waals surface area contributed by atoms with Crippen molar-refractivity contribution in [2.24, 2.45) is 0 Å². The molecule has 1 fully saturated rings. The van der Waals surface area contributed by atoms with Crippen LogP contribution in [0, 0.1) is 10.1 Å². The van der Waals surface area contributed by atoms with Gasteiger partial charge in [-0.2, -0.15) is 0 Å². The van der Waals surface area contributed by atoms with Gasteiger partial charge in [0.2, 0.25) is 0 Å². The Morgan fingerprint density at radius 1 is 1.00 bits per heavy atom. The lowest BCUT2D eigenvalue weighted by Gasteiger charge is -2.22. The Kier molecular flexibility index (Phi) is 5.85. The van der Waals surface area contributed by atoms with Crippen molar-refractivity contribution >= 4 is 23.2 Å². The molecule has 2 aromatic carbocycles. The molecule has 1 aliphatic heterocycles. The van der Waals surface area contributed by atoms with Gasteiger partial charge in [0, 0.05) is 55.4 Å². The largest absolute Gasteiger partial charge is 0.337 e. The monoisotopic (exact) mass is 373 g/mol. The molecule has 1 heterocycles. The van der Waals surface area contributed by atoms with Gasteiger partial charge in [-0.3, -0.25) is 19.8 Å². The summed E-state index contributed by atoms with van der Waals surface area (Å²) in [5.74, 6) is -0.0757. The van der Waals surface area contributed by atoms with Gasteiger partial charge in [0.15, 0.2) is 0 Å². The molecule has 1 saturated heterocycles. The zero-order chi connectivity index (χ0) is 18.5. The van der Waals surface area contributed by atoms with Gasteiger partial charge in [-0.05, 0) is 36.2 Å². The number of benzene rings is 2. The Bertz CT molecular complexity index is 778. The molecule has 7 heteroatoms. The van der Waals surface area contributed by atoms with E-state index in [0.29, 0.717) is 18.7 Å². The van der Waals surface area contributed by atoms with Crippen molar-refractivity contribution in [3.63, 3.8) is 0 Å². The second kappa shape index (κ2) is 8.29. The van der Waals surface area contributed by atoms with Gasteiger partial charge in [-0.25, -0.2) is 0 Å². The van der Waals surface area contributed by atoms with Crippen LogP contribution < -0.4 is 0 Å². The quantitative estimate of drug-likeness (QED) is 0.606. The third-order valence-electron chi connectivity index (χ3n) is 4.52. The van der Waals surface area contributed by atoms with Crippen LogP contribution in [0.15, 0.2) is 48.5 Å². The van der Waals surface area contributed by atoms with Gasteiger partial charge < -0.3 is 4.90 Å². The maximum atomic E-state index is 12.7. The van der Waals surface area contributed by atoms with Gasteiger partial charge in [-0.1, -0.05) is 23.7 Å². The molecule has 2 aromatic rings. The SMILES string of the molecule is O=C(c1ccc([N+](=O)[O-])cc1)N1CCCN(Cc2ccc(Cl)cc2)CC1. The summed E-state index contributed by atoms with van der Waals surface area (Å²) in [6.45, 7) is 3.88. The number of hydrogen-bond donors (Lipinski definition) is 0. The summed E-state index contributed by atoms with van der Waals surface area (Å²) in [7, 11) is 0. The van der Waals surface area contributed by atoms with E-state index in [-0.39, 0.29) is 11.6 Å². The lowest BCUT2D eigenvalue weighted by molar-refractivity contribution is -0.384. The van der Waals surface area contributed by atoms with E-state index in [2.05, 4.69) is 4.90 Å². The lowest BCUT2D eigenvalue weighted by atomic mass is 10.2. The second-order valence-corrected chi connectivity index (χ2v) is 6.79. The minimum atomic E-state index is -0.463. The van der Waals surface area contributed by atoms with Crippen LogP contribution in [-0.2, 0) is 6.54 Å². The van der Waals surface area contributed by atoms with E-state index < -0.39 is 4.92 Å². The van der Waals surface area contributed by atoms with E-state index in [9.17, 15) is 14.9 Å². The predicted octanol–water partition coefficient (Wildman–Crippen LogP) is 3.60. The lowest BCUT2D eigenvalue weighted by Crippen LogP contribution is -2.35. The molecule has 0 atom stereocenters. The zero-order valence-electron chi connectivity index (χ0n) is 14.3. The number of nitrogens with zero attached hydrogens (tertiary/aromatic N) is 3. The number of amides is 1. The first-order valence-electron chi connectivity index (χ1n) is 8.53. The topological polar surface area (TPSA) is 66.7 Å². The van der Waals surface area contributed by atoms with Crippen molar-refractivity contribution in [3.8, 4) is 0 Å². The van der Waals surface area contributed by atoms with E-state index in [4.69, 9.17) is 11.6 Å². The maximum Gasteiger partial charge on any atom is 0.269 e. The second-order valence-electron chi connectivity index (χ2n) is 6.35. The summed E-state index contributed by atoms with van der Waals surface area (Å²) in [5.41, 5.74) is 1.68. The average molecular weight is 374 g/mol. The first-order chi connectivity index (χ1) is 12.5. The minimum Gasteiger partial charge on any atom is -0.337 e. The van der Waals surface area contributed by atoms with Gasteiger partial charge >= 0.3 is 0 Å². The zero-order valence-corrected chi connectivity index (χ0v) is 15.1. The Balaban J connectivity index is 1.59.